The molecule has 0 radical (unpaired) electrons. The van der Waals surface area contributed by atoms with Gasteiger partial charge in [0, 0.05) is 11.3 Å². The lowest BCUT2D eigenvalue weighted by Crippen LogP contribution is -2.03. The van der Waals surface area contributed by atoms with E-state index in [1.165, 1.54) is 0 Å². The fourth-order valence-electron chi connectivity index (χ4n) is 1.38. The number of hydrogen-bond donors (Lipinski definition) is 1. The van der Waals surface area contributed by atoms with E-state index in [4.69, 9.17) is 0 Å². The van der Waals surface area contributed by atoms with Gasteiger partial charge in [-0.2, -0.15) is 0 Å². The molecule has 0 saturated carbocycles. The van der Waals surface area contributed by atoms with E-state index in [1.54, 1.807) is 18.2 Å². The molecule has 3 heteroatoms. The molecule has 12 heavy (non-hydrogen) atoms. The Morgan fingerprint density at radius 3 is 3.00 bits per heavy atom. The Hall–Kier alpha value is -1.64. The summed E-state index contributed by atoms with van der Waals surface area (Å²) in [6.45, 7) is 0. The van der Waals surface area contributed by atoms with Gasteiger partial charge in [0.25, 0.3) is 0 Å². The molecule has 0 spiro atoms. The molecule has 1 amide bonds. The first-order chi connectivity index (χ1) is 5.81. The Morgan fingerprint density at radius 2 is 2.25 bits per heavy atom. The molecule has 0 unspecified atom stereocenters. The highest BCUT2D eigenvalue weighted by Gasteiger charge is 2.19. The molecular weight excluding hydrogens is 154 g/mol. The molecule has 0 saturated heterocycles. The van der Waals surface area contributed by atoms with Crippen LogP contribution < -0.4 is 5.32 Å². The first-order valence-electron chi connectivity index (χ1n) is 3.68. The summed E-state index contributed by atoms with van der Waals surface area (Å²) >= 11 is 0. The average Bonchev–Trinajstić information content (AvgIpc) is 2.44. The summed E-state index contributed by atoms with van der Waals surface area (Å²) in [5.74, 6) is -0.0423. The molecule has 1 heterocycles. The van der Waals surface area contributed by atoms with Crippen molar-refractivity contribution in [2.45, 2.75) is 6.42 Å². The van der Waals surface area contributed by atoms with Crippen molar-refractivity contribution < 1.29 is 9.59 Å². The van der Waals surface area contributed by atoms with Gasteiger partial charge in [0.15, 0.2) is 0 Å². The van der Waals surface area contributed by atoms with E-state index in [0.29, 0.717) is 12.0 Å². The van der Waals surface area contributed by atoms with Crippen LogP contribution in [-0.2, 0) is 11.2 Å². The maximum absolute atomic E-state index is 10.9. The van der Waals surface area contributed by atoms with Crippen molar-refractivity contribution in [1.82, 2.24) is 0 Å². The number of fused-ring (bicyclic) bond motifs is 1. The van der Waals surface area contributed by atoms with E-state index in [-0.39, 0.29) is 5.91 Å². The van der Waals surface area contributed by atoms with Crippen molar-refractivity contribution in [3.05, 3.63) is 29.3 Å². The number of rotatable bonds is 1. The van der Waals surface area contributed by atoms with Crippen LogP contribution in [0.2, 0.25) is 0 Å². The summed E-state index contributed by atoms with van der Waals surface area (Å²) in [6, 6.07) is 5.27. The van der Waals surface area contributed by atoms with Crippen molar-refractivity contribution in [3.8, 4) is 0 Å². The minimum atomic E-state index is -0.0423. The molecule has 0 atom stereocenters. The average molecular weight is 161 g/mol. The molecule has 0 aromatic heterocycles. The summed E-state index contributed by atoms with van der Waals surface area (Å²) in [5.41, 5.74) is 2.19. The van der Waals surface area contributed by atoms with Gasteiger partial charge in [0.1, 0.15) is 6.29 Å². The number of carbonyl (C=O) groups is 2. The monoisotopic (exact) mass is 161 g/mol. The Bertz CT molecular complexity index is 358. The van der Waals surface area contributed by atoms with Gasteiger partial charge in [0.2, 0.25) is 5.91 Å². The van der Waals surface area contributed by atoms with Gasteiger partial charge < -0.3 is 5.32 Å². The number of aldehydes is 1. The maximum atomic E-state index is 10.9. The highest BCUT2D eigenvalue weighted by molar-refractivity contribution is 6.02. The molecule has 1 aliphatic rings. The number of amides is 1. The van der Waals surface area contributed by atoms with E-state index >= 15 is 0 Å². The summed E-state index contributed by atoms with van der Waals surface area (Å²) in [7, 11) is 0. The van der Waals surface area contributed by atoms with Gasteiger partial charge in [-0.05, 0) is 11.6 Å². The molecule has 1 aliphatic heterocycles. The third-order valence-corrected chi connectivity index (χ3v) is 1.95. The lowest BCUT2D eigenvalue weighted by atomic mass is 10.1. The number of carbonyl (C=O) groups excluding carboxylic acids is 2. The van der Waals surface area contributed by atoms with Crippen LogP contribution in [0.15, 0.2) is 18.2 Å². The second-order valence-electron chi connectivity index (χ2n) is 2.72. The van der Waals surface area contributed by atoms with Crippen LogP contribution in [0.1, 0.15) is 15.9 Å². The van der Waals surface area contributed by atoms with E-state index in [2.05, 4.69) is 5.32 Å². The normalized spacial score (nSPS) is 13.8. The Labute approximate surface area is 69.4 Å². The van der Waals surface area contributed by atoms with Crippen molar-refractivity contribution in [2.24, 2.45) is 0 Å². The quantitative estimate of drug-likeness (QED) is 0.624. The van der Waals surface area contributed by atoms with Crippen LogP contribution in [0.4, 0.5) is 5.69 Å². The van der Waals surface area contributed by atoms with Crippen molar-refractivity contribution in [1.29, 1.82) is 0 Å². The van der Waals surface area contributed by atoms with Crippen LogP contribution in [0, 0.1) is 0 Å². The Kier molecular flexibility index (Phi) is 1.43. The SMILES string of the molecule is O=Cc1cccc2c1CC(=O)N2. The summed E-state index contributed by atoms with van der Waals surface area (Å²) in [6.07, 6.45) is 1.10. The van der Waals surface area contributed by atoms with Crippen LogP contribution in [0.3, 0.4) is 0 Å². The molecule has 0 fully saturated rings. The van der Waals surface area contributed by atoms with E-state index < -0.39 is 0 Å². The summed E-state index contributed by atoms with van der Waals surface area (Å²) in [5, 5.41) is 2.67. The maximum Gasteiger partial charge on any atom is 0.228 e. The van der Waals surface area contributed by atoms with Crippen LogP contribution in [0.5, 0.6) is 0 Å². The standard InChI is InChI=1S/C9H7NO2/c11-5-6-2-1-3-8-7(6)4-9(12)10-8/h1-3,5H,4H2,(H,10,12). The van der Waals surface area contributed by atoms with Gasteiger partial charge in [-0.15, -0.1) is 0 Å². The van der Waals surface area contributed by atoms with E-state index in [1.807, 2.05) is 0 Å². The van der Waals surface area contributed by atoms with E-state index in [0.717, 1.165) is 17.5 Å². The summed E-state index contributed by atoms with van der Waals surface area (Å²) in [4.78, 5) is 21.5. The third kappa shape index (κ3) is 0.906. The molecule has 1 aromatic carbocycles. The van der Waals surface area contributed by atoms with Crippen molar-refractivity contribution in [3.63, 3.8) is 0 Å². The number of benzene rings is 1. The first-order valence-corrected chi connectivity index (χ1v) is 3.68. The second-order valence-corrected chi connectivity index (χ2v) is 2.72. The molecule has 2 rings (SSSR count). The second kappa shape index (κ2) is 2.44. The Balaban J connectivity index is 2.58. The Morgan fingerprint density at radius 1 is 1.42 bits per heavy atom. The number of hydrogen-bond acceptors (Lipinski definition) is 2. The van der Waals surface area contributed by atoms with E-state index in [9.17, 15) is 9.59 Å². The van der Waals surface area contributed by atoms with Gasteiger partial charge >= 0.3 is 0 Å². The zero-order chi connectivity index (χ0) is 8.55. The fourth-order valence-corrected chi connectivity index (χ4v) is 1.38. The third-order valence-electron chi connectivity index (χ3n) is 1.95. The van der Waals surface area contributed by atoms with Crippen molar-refractivity contribution >= 4 is 17.9 Å². The smallest absolute Gasteiger partial charge is 0.228 e. The van der Waals surface area contributed by atoms with Gasteiger partial charge in [-0.25, -0.2) is 0 Å². The lowest BCUT2D eigenvalue weighted by molar-refractivity contribution is -0.115. The van der Waals surface area contributed by atoms with Crippen LogP contribution in [0.25, 0.3) is 0 Å². The fraction of sp³-hybridized carbons (Fsp3) is 0.111. The van der Waals surface area contributed by atoms with Gasteiger partial charge in [-0.3, -0.25) is 9.59 Å². The topological polar surface area (TPSA) is 46.2 Å². The molecule has 1 N–H and O–H groups in total. The molecule has 3 nitrogen and oxygen atoms in total. The zero-order valence-electron chi connectivity index (χ0n) is 6.33. The highest BCUT2D eigenvalue weighted by Crippen LogP contribution is 2.24. The van der Waals surface area contributed by atoms with Gasteiger partial charge in [-0.1, -0.05) is 12.1 Å². The minimum absolute atomic E-state index is 0.0423. The van der Waals surface area contributed by atoms with Crippen LogP contribution >= 0.6 is 0 Å². The minimum Gasteiger partial charge on any atom is -0.326 e. The predicted molar refractivity (Wildman–Crippen MR) is 44.2 cm³/mol. The summed E-state index contributed by atoms with van der Waals surface area (Å²) < 4.78 is 0. The molecular formula is C9H7NO2. The molecule has 1 aromatic rings. The number of anilines is 1. The molecule has 0 aliphatic carbocycles. The zero-order valence-corrected chi connectivity index (χ0v) is 6.33. The lowest BCUT2D eigenvalue weighted by Gasteiger charge is -1.98. The van der Waals surface area contributed by atoms with Crippen molar-refractivity contribution in [2.75, 3.05) is 5.32 Å². The highest BCUT2D eigenvalue weighted by atomic mass is 16.1. The first kappa shape index (κ1) is 7.03. The largest absolute Gasteiger partial charge is 0.326 e. The number of nitrogens with one attached hydrogen (secondary N) is 1. The van der Waals surface area contributed by atoms with Gasteiger partial charge in [0.05, 0.1) is 6.42 Å². The van der Waals surface area contributed by atoms with Crippen LogP contribution in [-0.4, -0.2) is 12.2 Å². The molecule has 0 bridgehead atoms. The predicted octanol–water partition coefficient (Wildman–Crippen LogP) is 0.994. The molecule has 60 valence electrons.